The van der Waals surface area contributed by atoms with E-state index < -0.39 is 32.5 Å². The van der Waals surface area contributed by atoms with Crippen LogP contribution in [0.5, 0.6) is 0 Å². The number of nitrogens with zero attached hydrogens (tertiary/aromatic N) is 3. The summed E-state index contributed by atoms with van der Waals surface area (Å²) >= 11 is 1.42. The van der Waals surface area contributed by atoms with Crippen molar-refractivity contribution < 1.29 is 26.4 Å². The normalized spacial score (nSPS) is 15.3. The zero-order chi connectivity index (χ0) is 26.2. The number of halogens is 2. The monoisotopic (exact) mass is 545 g/mol. The number of amides is 1. The van der Waals surface area contributed by atoms with Gasteiger partial charge in [-0.25, -0.2) is 22.2 Å². The molecule has 1 aliphatic heterocycles. The fraction of sp³-hybridized carbons (Fsp3) is 0.308. The predicted molar refractivity (Wildman–Crippen MR) is 137 cm³/mol. The molecule has 3 heterocycles. The lowest BCUT2D eigenvalue weighted by Gasteiger charge is -2.32. The third-order valence-electron chi connectivity index (χ3n) is 6.58. The second-order valence-electron chi connectivity index (χ2n) is 8.87. The first kappa shape index (κ1) is 25.5. The van der Waals surface area contributed by atoms with E-state index in [1.807, 2.05) is 18.2 Å². The molecule has 0 N–H and O–H groups in total. The first-order chi connectivity index (χ1) is 17.8. The van der Waals surface area contributed by atoms with E-state index in [2.05, 4.69) is 6.92 Å². The number of carbonyl (C=O) groups excluding carboxylic acids is 1. The molecule has 0 spiro atoms. The average molecular weight is 546 g/mol. The van der Waals surface area contributed by atoms with E-state index in [0.717, 1.165) is 38.6 Å². The molecule has 0 saturated carbocycles. The number of anilines is 1. The Bertz CT molecular complexity index is 1530. The second kappa shape index (κ2) is 10.3. The van der Waals surface area contributed by atoms with Gasteiger partial charge in [0.05, 0.1) is 23.0 Å². The molecule has 1 aliphatic rings. The standard InChI is InChI=1S/C26H25F2N3O4S2/c1-2-17-5-3-7-22-24(17)29-26(36-22)31(16-20-6-4-14-35-20)25(32)18-10-12-30(13-11-18)37(33,34)23-15-19(27)8-9-21(23)28/h3-9,14-15,18H,2,10-13,16H2,1H3. The minimum absolute atomic E-state index is 0.0170. The lowest BCUT2D eigenvalue weighted by Crippen LogP contribution is -2.44. The Labute approximate surface area is 217 Å². The molecule has 194 valence electrons. The van der Waals surface area contributed by atoms with Gasteiger partial charge < -0.3 is 4.42 Å². The number of sulfonamides is 1. The molecule has 0 unspecified atom stereocenters. The van der Waals surface area contributed by atoms with Crippen molar-refractivity contribution >= 4 is 42.6 Å². The number of thiazole rings is 1. The molecule has 4 aromatic rings. The summed E-state index contributed by atoms with van der Waals surface area (Å²) in [6.07, 6.45) is 2.84. The Hall–Kier alpha value is -3.15. The number of aromatic nitrogens is 1. The molecule has 0 aliphatic carbocycles. The van der Waals surface area contributed by atoms with E-state index in [9.17, 15) is 22.0 Å². The fourth-order valence-corrected chi connectivity index (χ4v) is 7.13. The van der Waals surface area contributed by atoms with Gasteiger partial charge >= 0.3 is 0 Å². The van der Waals surface area contributed by atoms with Crippen LogP contribution in [0.2, 0.25) is 0 Å². The molecule has 1 fully saturated rings. The number of aryl methyl sites for hydroxylation is 1. The molecular formula is C26H25F2N3O4S2. The molecule has 5 rings (SSSR count). The van der Waals surface area contributed by atoms with Crippen LogP contribution in [-0.2, 0) is 27.8 Å². The summed E-state index contributed by atoms with van der Waals surface area (Å²) in [7, 11) is -4.23. The Kier molecular flexibility index (Phi) is 7.11. The van der Waals surface area contributed by atoms with Crippen LogP contribution >= 0.6 is 11.3 Å². The van der Waals surface area contributed by atoms with Crippen molar-refractivity contribution in [2.45, 2.75) is 37.6 Å². The molecular weight excluding hydrogens is 520 g/mol. The van der Waals surface area contributed by atoms with Crippen molar-refractivity contribution in [1.29, 1.82) is 0 Å². The molecule has 0 bridgehead atoms. The van der Waals surface area contributed by atoms with Crippen molar-refractivity contribution in [3.63, 3.8) is 0 Å². The summed E-state index contributed by atoms with van der Waals surface area (Å²) in [6.45, 7) is 2.28. The number of fused-ring (bicyclic) bond motifs is 1. The topological polar surface area (TPSA) is 83.7 Å². The summed E-state index contributed by atoms with van der Waals surface area (Å²) < 4.78 is 61.3. The maximum absolute atomic E-state index is 14.2. The number of piperidine rings is 1. The lowest BCUT2D eigenvalue weighted by molar-refractivity contribution is -0.123. The van der Waals surface area contributed by atoms with Crippen molar-refractivity contribution in [3.05, 3.63) is 77.8 Å². The van der Waals surface area contributed by atoms with E-state index in [0.29, 0.717) is 17.0 Å². The third-order valence-corrected chi connectivity index (χ3v) is 9.53. The number of para-hydroxylation sites is 1. The van der Waals surface area contributed by atoms with Gasteiger partial charge in [-0.3, -0.25) is 9.69 Å². The van der Waals surface area contributed by atoms with Gasteiger partial charge in [0, 0.05) is 19.0 Å². The van der Waals surface area contributed by atoms with Crippen LogP contribution in [0.3, 0.4) is 0 Å². The highest BCUT2D eigenvalue weighted by atomic mass is 32.2. The molecule has 7 nitrogen and oxygen atoms in total. The summed E-state index contributed by atoms with van der Waals surface area (Å²) in [6, 6.07) is 11.9. The van der Waals surface area contributed by atoms with Gasteiger partial charge in [0.2, 0.25) is 15.9 Å². The van der Waals surface area contributed by atoms with Crippen LogP contribution in [0.15, 0.2) is 64.1 Å². The quantitative estimate of drug-likeness (QED) is 0.312. The van der Waals surface area contributed by atoms with Crippen LogP contribution in [0.1, 0.15) is 31.1 Å². The highest BCUT2D eigenvalue weighted by Gasteiger charge is 2.36. The van der Waals surface area contributed by atoms with Gasteiger partial charge in [-0.1, -0.05) is 30.4 Å². The second-order valence-corrected chi connectivity index (χ2v) is 11.8. The number of benzene rings is 2. The van der Waals surface area contributed by atoms with Gasteiger partial charge in [0.15, 0.2) is 5.13 Å². The Morgan fingerprint density at radius 3 is 2.65 bits per heavy atom. The predicted octanol–water partition coefficient (Wildman–Crippen LogP) is 5.36. The average Bonchev–Trinajstić information content (AvgIpc) is 3.58. The minimum atomic E-state index is -4.23. The van der Waals surface area contributed by atoms with Crippen LogP contribution in [0.4, 0.5) is 13.9 Å². The summed E-state index contributed by atoms with van der Waals surface area (Å²) in [5, 5.41) is 0.550. The van der Waals surface area contributed by atoms with Gasteiger partial charge in [0.1, 0.15) is 22.3 Å². The Balaban J connectivity index is 1.38. The zero-order valence-electron chi connectivity index (χ0n) is 20.1. The number of hydrogen-bond donors (Lipinski definition) is 0. The lowest BCUT2D eigenvalue weighted by atomic mass is 9.96. The molecule has 37 heavy (non-hydrogen) atoms. The highest BCUT2D eigenvalue weighted by Crippen LogP contribution is 2.34. The molecule has 2 aromatic heterocycles. The largest absolute Gasteiger partial charge is 0.467 e. The molecule has 11 heteroatoms. The van der Waals surface area contributed by atoms with Gasteiger partial charge in [-0.2, -0.15) is 4.31 Å². The maximum atomic E-state index is 14.2. The first-order valence-electron chi connectivity index (χ1n) is 12.0. The van der Waals surface area contributed by atoms with E-state index in [1.165, 1.54) is 11.3 Å². The number of furan rings is 1. The Morgan fingerprint density at radius 2 is 1.95 bits per heavy atom. The van der Waals surface area contributed by atoms with E-state index in [1.54, 1.807) is 23.3 Å². The SMILES string of the molecule is CCc1cccc2sc(N(Cc3ccco3)C(=O)C3CCN(S(=O)(=O)c4cc(F)ccc4F)CC3)nc12. The highest BCUT2D eigenvalue weighted by molar-refractivity contribution is 7.89. The minimum Gasteiger partial charge on any atom is -0.467 e. The Morgan fingerprint density at radius 1 is 1.16 bits per heavy atom. The van der Waals surface area contributed by atoms with Crippen molar-refractivity contribution in [1.82, 2.24) is 9.29 Å². The molecule has 0 atom stereocenters. The molecule has 2 aromatic carbocycles. The molecule has 1 saturated heterocycles. The van der Waals surface area contributed by atoms with Gasteiger partial charge in [-0.05, 0) is 61.2 Å². The smallest absolute Gasteiger partial charge is 0.246 e. The van der Waals surface area contributed by atoms with Gasteiger partial charge in [0.25, 0.3) is 0 Å². The number of rotatable bonds is 7. The van der Waals surface area contributed by atoms with Crippen molar-refractivity contribution in [3.8, 4) is 0 Å². The number of hydrogen-bond acceptors (Lipinski definition) is 6. The fourth-order valence-electron chi connectivity index (χ4n) is 4.57. The van der Waals surface area contributed by atoms with Gasteiger partial charge in [-0.15, -0.1) is 0 Å². The number of carbonyl (C=O) groups is 1. The van der Waals surface area contributed by atoms with E-state index >= 15 is 0 Å². The van der Waals surface area contributed by atoms with Crippen LogP contribution in [0.25, 0.3) is 10.2 Å². The van der Waals surface area contributed by atoms with E-state index in [4.69, 9.17) is 9.40 Å². The molecule has 1 amide bonds. The summed E-state index contributed by atoms with van der Waals surface area (Å²) in [5.41, 5.74) is 1.95. The van der Waals surface area contributed by atoms with E-state index in [-0.39, 0.29) is 38.4 Å². The zero-order valence-corrected chi connectivity index (χ0v) is 21.7. The van der Waals surface area contributed by atoms with Crippen LogP contribution < -0.4 is 4.90 Å². The maximum Gasteiger partial charge on any atom is 0.246 e. The van der Waals surface area contributed by atoms with Crippen molar-refractivity contribution in [2.24, 2.45) is 5.92 Å². The summed E-state index contributed by atoms with van der Waals surface area (Å²) in [4.78, 5) is 19.5. The van der Waals surface area contributed by atoms with Crippen LogP contribution in [-0.4, -0.2) is 36.7 Å². The summed E-state index contributed by atoms with van der Waals surface area (Å²) in [5.74, 6) is -1.88. The third kappa shape index (κ3) is 5.03. The molecule has 0 radical (unpaired) electrons. The van der Waals surface area contributed by atoms with Crippen molar-refractivity contribution in [2.75, 3.05) is 18.0 Å². The first-order valence-corrected chi connectivity index (χ1v) is 14.2. The van der Waals surface area contributed by atoms with Crippen LogP contribution in [0, 0.1) is 17.6 Å².